The molecule has 3 N–H and O–H groups in total. The first-order valence-corrected chi connectivity index (χ1v) is 4.48. The lowest BCUT2D eigenvalue weighted by Crippen LogP contribution is -2.41. The van der Waals surface area contributed by atoms with E-state index in [1.165, 1.54) is 6.08 Å². The van der Waals surface area contributed by atoms with Gasteiger partial charge in [0.2, 0.25) is 0 Å². The first kappa shape index (κ1) is 11.2. The Balaban J connectivity index is 2.71. The van der Waals surface area contributed by atoms with E-state index < -0.39 is 24.3 Å². The Labute approximate surface area is 81.6 Å². The van der Waals surface area contributed by atoms with Crippen LogP contribution in [-0.2, 0) is 9.53 Å². The van der Waals surface area contributed by atoms with Gasteiger partial charge in [0, 0.05) is 12.0 Å². The van der Waals surface area contributed by atoms with Crippen molar-refractivity contribution in [1.29, 1.82) is 0 Å². The van der Waals surface area contributed by atoms with Crippen molar-refractivity contribution in [1.82, 2.24) is 0 Å². The Bertz CT molecular complexity index is 248. The fourth-order valence-electron chi connectivity index (χ4n) is 1.32. The quantitative estimate of drug-likeness (QED) is 0.498. The van der Waals surface area contributed by atoms with E-state index >= 15 is 0 Å². The topological polar surface area (TPSA) is 87.0 Å². The van der Waals surface area contributed by atoms with Crippen LogP contribution in [0, 0.1) is 0 Å². The van der Waals surface area contributed by atoms with Gasteiger partial charge in [-0.25, -0.2) is 4.79 Å². The molecule has 1 rings (SSSR count). The van der Waals surface area contributed by atoms with E-state index in [0.29, 0.717) is 0 Å². The van der Waals surface area contributed by atoms with Crippen LogP contribution in [-0.4, -0.2) is 46.2 Å². The summed E-state index contributed by atoms with van der Waals surface area (Å²) in [5.74, 6) is -0.558. The second-order valence-electron chi connectivity index (χ2n) is 3.17. The lowest BCUT2D eigenvalue weighted by Gasteiger charge is -2.26. The molecule has 0 heterocycles. The van der Waals surface area contributed by atoms with Gasteiger partial charge in [0.1, 0.15) is 12.2 Å². The van der Waals surface area contributed by atoms with Gasteiger partial charge < -0.3 is 20.1 Å². The third-order valence-corrected chi connectivity index (χ3v) is 2.08. The number of hydrogen-bond acceptors (Lipinski definition) is 5. The van der Waals surface area contributed by atoms with Gasteiger partial charge in [0.15, 0.2) is 0 Å². The minimum atomic E-state index is -1.23. The van der Waals surface area contributed by atoms with Crippen LogP contribution in [0.4, 0.5) is 0 Å². The van der Waals surface area contributed by atoms with Crippen molar-refractivity contribution in [2.45, 2.75) is 31.7 Å². The first-order chi connectivity index (χ1) is 6.56. The van der Waals surface area contributed by atoms with Crippen molar-refractivity contribution in [2.24, 2.45) is 0 Å². The maximum Gasteiger partial charge on any atom is 0.333 e. The number of hydrogen-bond donors (Lipinski definition) is 3. The van der Waals surface area contributed by atoms with Crippen molar-refractivity contribution >= 4 is 5.97 Å². The van der Waals surface area contributed by atoms with E-state index in [0.717, 1.165) is 0 Å². The van der Waals surface area contributed by atoms with Crippen molar-refractivity contribution < 1.29 is 24.9 Å². The minimum Gasteiger partial charge on any atom is -0.463 e. The molecule has 80 valence electrons. The molecule has 14 heavy (non-hydrogen) atoms. The number of aliphatic hydroxyl groups is 3. The minimum absolute atomic E-state index is 0.0110. The fourth-order valence-corrected chi connectivity index (χ4v) is 1.32. The highest BCUT2D eigenvalue weighted by Gasteiger charge is 2.31. The van der Waals surface area contributed by atoms with E-state index in [4.69, 9.17) is 4.74 Å². The predicted molar refractivity (Wildman–Crippen MR) is 47.4 cm³/mol. The maximum atomic E-state index is 11.2. The van der Waals surface area contributed by atoms with Crippen LogP contribution in [0.15, 0.2) is 11.6 Å². The molecule has 1 aliphatic carbocycles. The van der Waals surface area contributed by atoms with Gasteiger partial charge in [-0.1, -0.05) is 0 Å². The van der Waals surface area contributed by atoms with Crippen LogP contribution in [0.25, 0.3) is 0 Å². The van der Waals surface area contributed by atoms with Crippen LogP contribution in [0.2, 0.25) is 0 Å². The van der Waals surface area contributed by atoms with Gasteiger partial charge in [-0.05, 0) is 13.0 Å². The Hall–Kier alpha value is -0.910. The summed E-state index contributed by atoms with van der Waals surface area (Å²) in [5.41, 5.74) is 0.206. The average molecular weight is 202 g/mol. The summed E-state index contributed by atoms with van der Waals surface area (Å²) in [5, 5.41) is 27.7. The van der Waals surface area contributed by atoms with Gasteiger partial charge >= 0.3 is 5.97 Å². The molecule has 3 atom stereocenters. The number of esters is 1. The molecule has 0 radical (unpaired) electrons. The van der Waals surface area contributed by atoms with Gasteiger partial charge in [-0.3, -0.25) is 0 Å². The van der Waals surface area contributed by atoms with Crippen molar-refractivity contribution in [3.63, 3.8) is 0 Å². The summed E-state index contributed by atoms with van der Waals surface area (Å²) in [6, 6.07) is 0. The summed E-state index contributed by atoms with van der Waals surface area (Å²) in [6.07, 6.45) is -2.33. The SMILES string of the molecule is CCOC(=O)C1=CC(O)[C@@H](O)C(O)C1. The van der Waals surface area contributed by atoms with Crippen LogP contribution in [0.5, 0.6) is 0 Å². The van der Waals surface area contributed by atoms with Crippen LogP contribution in [0.3, 0.4) is 0 Å². The van der Waals surface area contributed by atoms with Gasteiger partial charge in [0.25, 0.3) is 0 Å². The van der Waals surface area contributed by atoms with Crippen LogP contribution < -0.4 is 0 Å². The summed E-state index contributed by atoms with van der Waals surface area (Å²) < 4.78 is 4.70. The highest BCUT2D eigenvalue weighted by atomic mass is 16.5. The Kier molecular flexibility index (Phi) is 3.62. The molecule has 0 spiro atoms. The average Bonchev–Trinajstić information content (AvgIpc) is 2.13. The normalized spacial score (nSPS) is 32.3. The summed E-state index contributed by atoms with van der Waals surface area (Å²) in [4.78, 5) is 11.2. The summed E-state index contributed by atoms with van der Waals surface area (Å²) >= 11 is 0. The van der Waals surface area contributed by atoms with E-state index in [-0.39, 0.29) is 18.6 Å². The highest BCUT2D eigenvalue weighted by Crippen LogP contribution is 2.20. The fraction of sp³-hybridized carbons (Fsp3) is 0.667. The first-order valence-electron chi connectivity index (χ1n) is 4.48. The third kappa shape index (κ3) is 2.31. The van der Waals surface area contributed by atoms with E-state index in [9.17, 15) is 20.1 Å². The molecule has 0 amide bonds. The molecule has 0 saturated heterocycles. The Morgan fingerprint density at radius 3 is 2.71 bits per heavy atom. The zero-order valence-electron chi connectivity index (χ0n) is 7.88. The summed E-state index contributed by atoms with van der Waals surface area (Å²) in [7, 11) is 0. The standard InChI is InChI=1S/C9H14O5/c1-2-14-9(13)5-3-6(10)8(12)7(11)4-5/h3,6-8,10-12H,2,4H2,1H3/t6?,7?,8-/m1/s1. The van der Waals surface area contributed by atoms with Gasteiger partial charge in [0.05, 0.1) is 12.7 Å². The van der Waals surface area contributed by atoms with E-state index in [1.54, 1.807) is 6.92 Å². The number of ether oxygens (including phenoxy) is 1. The smallest absolute Gasteiger partial charge is 0.333 e. The number of aliphatic hydroxyl groups excluding tert-OH is 3. The van der Waals surface area contributed by atoms with E-state index in [2.05, 4.69) is 0 Å². The lowest BCUT2D eigenvalue weighted by molar-refractivity contribution is -0.140. The molecule has 0 aromatic carbocycles. The number of carbonyl (C=O) groups excluding carboxylic acids is 1. The van der Waals surface area contributed by atoms with Crippen LogP contribution in [0.1, 0.15) is 13.3 Å². The lowest BCUT2D eigenvalue weighted by atomic mass is 9.92. The largest absolute Gasteiger partial charge is 0.463 e. The maximum absolute atomic E-state index is 11.2. The molecular formula is C9H14O5. The third-order valence-electron chi connectivity index (χ3n) is 2.08. The molecule has 5 heteroatoms. The second-order valence-corrected chi connectivity index (χ2v) is 3.17. The number of rotatable bonds is 2. The van der Waals surface area contributed by atoms with Crippen molar-refractivity contribution in [3.8, 4) is 0 Å². The highest BCUT2D eigenvalue weighted by molar-refractivity contribution is 5.88. The van der Waals surface area contributed by atoms with Crippen molar-refractivity contribution in [2.75, 3.05) is 6.61 Å². The molecule has 0 fully saturated rings. The molecule has 0 aromatic heterocycles. The van der Waals surface area contributed by atoms with Crippen LogP contribution >= 0.6 is 0 Å². The molecule has 1 aliphatic rings. The second kappa shape index (κ2) is 4.54. The Morgan fingerprint density at radius 2 is 2.21 bits per heavy atom. The molecule has 2 unspecified atom stereocenters. The molecular weight excluding hydrogens is 188 g/mol. The molecule has 0 aliphatic heterocycles. The zero-order valence-corrected chi connectivity index (χ0v) is 7.88. The predicted octanol–water partition coefficient (Wildman–Crippen LogP) is -1.04. The molecule has 0 aromatic rings. The summed E-state index contributed by atoms with van der Waals surface area (Å²) in [6.45, 7) is 1.91. The number of carbonyl (C=O) groups is 1. The van der Waals surface area contributed by atoms with Crippen molar-refractivity contribution in [3.05, 3.63) is 11.6 Å². The zero-order chi connectivity index (χ0) is 10.7. The van der Waals surface area contributed by atoms with Gasteiger partial charge in [-0.2, -0.15) is 0 Å². The monoisotopic (exact) mass is 202 g/mol. The van der Waals surface area contributed by atoms with E-state index in [1.807, 2.05) is 0 Å². The molecule has 0 saturated carbocycles. The molecule has 5 nitrogen and oxygen atoms in total. The van der Waals surface area contributed by atoms with Gasteiger partial charge in [-0.15, -0.1) is 0 Å². The molecule has 0 bridgehead atoms. The Morgan fingerprint density at radius 1 is 1.57 bits per heavy atom.